The molecule has 35 heavy (non-hydrogen) atoms. The van der Waals surface area contributed by atoms with E-state index < -0.39 is 0 Å². The van der Waals surface area contributed by atoms with Crippen LogP contribution in [0.5, 0.6) is 5.75 Å². The smallest absolute Gasteiger partial charge is 0.252 e. The van der Waals surface area contributed by atoms with Crippen LogP contribution in [0.3, 0.4) is 0 Å². The van der Waals surface area contributed by atoms with E-state index in [1.165, 1.54) is 0 Å². The van der Waals surface area contributed by atoms with Crippen LogP contribution in [0.2, 0.25) is 5.02 Å². The molecule has 2 aromatic carbocycles. The van der Waals surface area contributed by atoms with Crippen molar-refractivity contribution in [2.75, 3.05) is 12.0 Å². The highest BCUT2D eigenvalue weighted by molar-refractivity contribution is 6.30. The highest BCUT2D eigenvalue weighted by Gasteiger charge is 2.39. The molecule has 1 unspecified atom stereocenters. The standard InChI is InChI=1S/C27H26ClN5O2/c1-16-13-17(2)30-27(29-16)33-26-25(18(3)31-33)22(21-7-5-6-8-23(21)35-4)14-24(34)32(26)15-19-9-11-20(28)12-10-19/h5-13,22H,14-15H2,1-4H3. The first-order valence-corrected chi connectivity index (χ1v) is 11.8. The average molecular weight is 488 g/mol. The van der Waals surface area contributed by atoms with Gasteiger partial charge >= 0.3 is 0 Å². The zero-order valence-electron chi connectivity index (χ0n) is 20.1. The van der Waals surface area contributed by atoms with Gasteiger partial charge in [0.15, 0.2) is 0 Å². The molecule has 8 heteroatoms. The minimum absolute atomic E-state index is 0.00567. The first kappa shape index (κ1) is 23.1. The van der Waals surface area contributed by atoms with Crippen LogP contribution < -0.4 is 9.64 Å². The van der Waals surface area contributed by atoms with E-state index in [9.17, 15) is 4.79 Å². The molecular weight excluding hydrogens is 462 g/mol. The number of carbonyl (C=O) groups is 1. The van der Waals surface area contributed by atoms with Crippen molar-refractivity contribution in [1.82, 2.24) is 19.7 Å². The summed E-state index contributed by atoms with van der Waals surface area (Å²) in [6.07, 6.45) is 0.307. The van der Waals surface area contributed by atoms with Gasteiger partial charge in [0, 0.05) is 39.9 Å². The van der Waals surface area contributed by atoms with Crippen molar-refractivity contribution in [3.63, 3.8) is 0 Å². The summed E-state index contributed by atoms with van der Waals surface area (Å²) in [7, 11) is 1.65. The number of carbonyl (C=O) groups excluding carboxylic acids is 1. The van der Waals surface area contributed by atoms with Crippen LogP contribution in [0, 0.1) is 20.8 Å². The number of benzene rings is 2. The Hall–Kier alpha value is -3.71. The first-order valence-electron chi connectivity index (χ1n) is 11.5. The Kier molecular flexibility index (Phi) is 6.03. The zero-order chi connectivity index (χ0) is 24.7. The van der Waals surface area contributed by atoms with Crippen LogP contribution >= 0.6 is 11.6 Å². The highest BCUT2D eigenvalue weighted by atomic mass is 35.5. The number of aryl methyl sites for hydroxylation is 3. The molecular formula is C27H26ClN5O2. The van der Waals surface area contributed by atoms with E-state index in [1.807, 2.05) is 75.4 Å². The number of ether oxygens (including phenoxy) is 1. The summed E-state index contributed by atoms with van der Waals surface area (Å²) in [4.78, 5) is 24.8. The minimum atomic E-state index is -0.199. The number of anilines is 1. The molecule has 1 aliphatic rings. The van der Waals surface area contributed by atoms with E-state index in [0.29, 0.717) is 29.8 Å². The number of halogens is 1. The molecule has 1 amide bonds. The molecule has 3 heterocycles. The Morgan fingerprint density at radius 1 is 1.03 bits per heavy atom. The van der Waals surface area contributed by atoms with Gasteiger partial charge in [-0.1, -0.05) is 41.9 Å². The number of hydrogen-bond acceptors (Lipinski definition) is 5. The molecule has 0 radical (unpaired) electrons. The summed E-state index contributed by atoms with van der Waals surface area (Å²) in [6, 6.07) is 17.3. The third kappa shape index (κ3) is 4.28. The maximum Gasteiger partial charge on any atom is 0.252 e. The SMILES string of the molecule is COc1ccccc1C1CC(=O)N(Cc2ccc(Cl)cc2)c2c1c(C)nn2-c1nc(C)cc(C)n1. The topological polar surface area (TPSA) is 73.1 Å². The molecule has 0 spiro atoms. The van der Waals surface area contributed by atoms with Crippen LogP contribution in [0.4, 0.5) is 5.82 Å². The summed E-state index contributed by atoms with van der Waals surface area (Å²) in [5.74, 6) is 1.68. The summed E-state index contributed by atoms with van der Waals surface area (Å²) in [5.41, 5.74) is 5.40. The maximum atomic E-state index is 13.7. The van der Waals surface area contributed by atoms with Crippen LogP contribution in [-0.2, 0) is 11.3 Å². The monoisotopic (exact) mass is 487 g/mol. The van der Waals surface area contributed by atoms with E-state index in [4.69, 9.17) is 21.4 Å². The second-order valence-electron chi connectivity index (χ2n) is 8.79. The van der Waals surface area contributed by atoms with Crippen molar-refractivity contribution in [2.24, 2.45) is 0 Å². The van der Waals surface area contributed by atoms with E-state index in [2.05, 4.69) is 9.97 Å². The maximum absolute atomic E-state index is 13.7. The minimum Gasteiger partial charge on any atom is -0.496 e. The van der Waals surface area contributed by atoms with Crippen molar-refractivity contribution >= 4 is 23.3 Å². The molecule has 0 saturated heterocycles. The number of nitrogens with zero attached hydrogens (tertiary/aromatic N) is 5. The van der Waals surface area contributed by atoms with E-state index >= 15 is 0 Å². The fourth-order valence-electron chi connectivity index (χ4n) is 4.80. The number of aromatic nitrogens is 4. The molecule has 7 nitrogen and oxygen atoms in total. The van der Waals surface area contributed by atoms with Gasteiger partial charge in [0.25, 0.3) is 5.95 Å². The summed E-state index contributed by atoms with van der Waals surface area (Å²) < 4.78 is 7.36. The third-order valence-electron chi connectivity index (χ3n) is 6.29. The number of rotatable bonds is 5. The van der Waals surface area contributed by atoms with Crippen molar-refractivity contribution in [1.29, 1.82) is 0 Å². The van der Waals surface area contributed by atoms with Gasteiger partial charge in [0.1, 0.15) is 11.6 Å². The van der Waals surface area contributed by atoms with Gasteiger partial charge in [-0.05, 0) is 50.6 Å². The Morgan fingerprint density at radius 3 is 2.40 bits per heavy atom. The van der Waals surface area contributed by atoms with E-state index in [0.717, 1.165) is 39.5 Å². The lowest BCUT2D eigenvalue weighted by Crippen LogP contribution is -2.38. The lowest BCUT2D eigenvalue weighted by Gasteiger charge is -2.33. The average Bonchev–Trinajstić information content (AvgIpc) is 3.18. The van der Waals surface area contributed by atoms with Gasteiger partial charge in [-0.2, -0.15) is 9.78 Å². The van der Waals surface area contributed by atoms with Gasteiger partial charge in [-0.25, -0.2) is 9.97 Å². The van der Waals surface area contributed by atoms with Crippen molar-refractivity contribution in [3.05, 3.63) is 93.4 Å². The Morgan fingerprint density at radius 2 is 1.71 bits per heavy atom. The number of hydrogen-bond donors (Lipinski definition) is 0. The molecule has 1 atom stereocenters. The highest BCUT2D eigenvalue weighted by Crippen LogP contribution is 2.45. The quantitative estimate of drug-likeness (QED) is 0.381. The molecule has 4 aromatic rings. The molecule has 1 aliphatic heterocycles. The fourth-order valence-corrected chi connectivity index (χ4v) is 4.92. The predicted molar refractivity (Wildman–Crippen MR) is 135 cm³/mol. The van der Waals surface area contributed by atoms with E-state index in [-0.39, 0.29) is 11.8 Å². The summed E-state index contributed by atoms with van der Waals surface area (Å²) in [5, 5.41) is 5.51. The molecule has 2 aromatic heterocycles. The van der Waals surface area contributed by atoms with Crippen LogP contribution in [0.15, 0.2) is 54.6 Å². The van der Waals surface area contributed by atoms with Crippen LogP contribution in [-0.4, -0.2) is 32.8 Å². The normalized spacial score (nSPS) is 15.3. The van der Waals surface area contributed by atoms with Gasteiger partial charge in [-0.3, -0.25) is 9.69 Å². The zero-order valence-corrected chi connectivity index (χ0v) is 20.9. The van der Waals surface area contributed by atoms with Crippen molar-refractivity contribution < 1.29 is 9.53 Å². The lowest BCUT2D eigenvalue weighted by molar-refractivity contribution is -0.119. The molecule has 0 saturated carbocycles. The molecule has 0 bridgehead atoms. The Balaban J connectivity index is 1.72. The Bertz CT molecular complexity index is 1390. The molecule has 178 valence electrons. The fraction of sp³-hybridized carbons (Fsp3) is 0.259. The van der Waals surface area contributed by atoms with Crippen molar-refractivity contribution in [2.45, 2.75) is 39.7 Å². The largest absolute Gasteiger partial charge is 0.496 e. The third-order valence-corrected chi connectivity index (χ3v) is 6.55. The number of methoxy groups -OCH3 is 1. The first-order chi connectivity index (χ1) is 16.9. The number of para-hydroxylation sites is 1. The van der Waals surface area contributed by atoms with E-state index in [1.54, 1.807) is 16.7 Å². The van der Waals surface area contributed by atoms with Gasteiger partial charge in [-0.15, -0.1) is 0 Å². The molecule has 0 N–H and O–H groups in total. The van der Waals surface area contributed by atoms with Gasteiger partial charge < -0.3 is 4.74 Å². The van der Waals surface area contributed by atoms with Crippen LogP contribution in [0.1, 0.15) is 46.1 Å². The number of fused-ring (bicyclic) bond motifs is 1. The molecule has 5 rings (SSSR count). The van der Waals surface area contributed by atoms with Crippen molar-refractivity contribution in [3.8, 4) is 11.7 Å². The second-order valence-corrected chi connectivity index (χ2v) is 9.23. The molecule has 0 fully saturated rings. The lowest BCUT2D eigenvalue weighted by atomic mass is 9.84. The van der Waals surface area contributed by atoms with Gasteiger partial charge in [0.05, 0.1) is 19.3 Å². The predicted octanol–water partition coefficient (Wildman–Crippen LogP) is 5.32. The van der Waals surface area contributed by atoms with Gasteiger partial charge in [0.2, 0.25) is 5.91 Å². The second kappa shape index (κ2) is 9.15. The number of amides is 1. The van der Waals surface area contributed by atoms with Crippen LogP contribution in [0.25, 0.3) is 5.95 Å². The Labute approximate surface area is 209 Å². The summed E-state index contributed by atoms with van der Waals surface area (Å²) in [6.45, 7) is 6.21. The summed E-state index contributed by atoms with van der Waals surface area (Å²) >= 11 is 6.09. The molecule has 0 aliphatic carbocycles.